The molecular weight excluding hydrogens is 517 g/mol. The number of likely N-dealkylation sites (N-methyl/N-ethyl adjacent to an activating group) is 1. The van der Waals surface area contributed by atoms with Crippen molar-refractivity contribution in [3.8, 4) is 11.5 Å². The molecule has 0 unspecified atom stereocenters. The molecule has 202 valence electrons. The van der Waals surface area contributed by atoms with Crippen LogP contribution in [0.15, 0.2) is 36.7 Å². The second-order valence-electron chi connectivity index (χ2n) is 8.05. The van der Waals surface area contributed by atoms with E-state index in [1.807, 2.05) is 12.1 Å². The Morgan fingerprint density at radius 2 is 1.76 bits per heavy atom. The third-order valence-electron chi connectivity index (χ3n) is 5.67. The molecule has 3 aromatic rings. The lowest BCUT2D eigenvalue weighted by Gasteiger charge is -2.19. The number of nitrogens with zero attached hydrogens (tertiary/aromatic N) is 3. The summed E-state index contributed by atoms with van der Waals surface area (Å²) in [5.41, 5.74) is 1.87. The van der Waals surface area contributed by atoms with E-state index in [4.69, 9.17) is 21.1 Å². The number of unbranched alkanes of at least 4 members (excludes halogenated alkanes) is 1. The van der Waals surface area contributed by atoms with Crippen LogP contribution >= 0.6 is 24.0 Å². The molecule has 0 aliphatic heterocycles. The molecule has 0 saturated heterocycles. The Bertz CT molecular complexity index is 1160. The number of anilines is 3. The van der Waals surface area contributed by atoms with Crippen LogP contribution in [0.3, 0.4) is 0 Å². The molecule has 0 fully saturated rings. The third-order valence-corrected chi connectivity index (χ3v) is 5.98. The highest BCUT2D eigenvalue weighted by Gasteiger charge is 2.14. The summed E-state index contributed by atoms with van der Waals surface area (Å²) in [7, 11) is 1.29. The first-order valence-electron chi connectivity index (χ1n) is 12.2. The molecule has 9 nitrogen and oxygen atoms in total. The van der Waals surface area contributed by atoms with Gasteiger partial charge in [-0.25, -0.2) is 14.8 Å². The molecule has 1 heterocycles. The molecule has 0 atom stereocenters. The number of fused-ring (bicyclic) bond motifs is 1. The van der Waals surface area contributed by atoms with Crippen molar-refractivity contribution >= 4 is 58.2 Å². The van der Waals surface area contributed by atoms with Crippen LogP contribution in [0.2, 0.25) is 5.02 Å². The number of carbonyl (C=O) groups is 1. The average molecular weight is 553 g/mol. The van der Waals surface area contributed by atoms with Gasteiger partial charge in [0.25, 0.3) is 0 Å². The summed E-state index contributed by atoms with van der Waals surface area (Å²) in [6, 6.07) is 8.97. The minimum Gasteiger partial charge on any atom is -0.490 e. The van der Waals surface area contributed by atoms with E-state index in [1.165, 1.54) is 13.4 Å². The van der Waals surface area contributed by atoms with Crippen molar-refractivity contribution in [3.63, 3.8) is 0 Å². The van der Waals surface area contributed by atoms with E-state index in [0.717, 1.165) is 43.4 Å². The molecule has 37 heavy (non-hydrogen) atoms. The summed E-state index contributed by atoms with van der Waals surface area (Å²) >= 11 is 6.34. The van der Waals surface area contributed by atoms with Gasteiger partial charge in [-0.2, -0.15) is 0 Å². The van der Waals surface area contributed by atoms with E-state index < -0.39 is 6.09 Å². The van der Waals surface area contributed by atoms with E-state index in [2.05, 4.69) is 51.0 Å². The zero-order valence-corrected chi connectivity index (χ0v) is 23.2. The number of aromatic nitrogens is 2. The minimum atomic E-state index is -0.592. The molecule has 2 aromatic carbocycles. The first kappa shape index (κ1) is 30.2. The molecule has 0 aliphatic carbocycles. The van der Waals surface area contributed by atoms with Crippen molar-refractivity contribution in [2.45, 2.75) is 33.6 Å². The van der Waals surface area contributed by atoms with Crippen LogP contribution in [0.25, 0.3) is 10.9 Å². The molecule has 0 spiro atoms. The second kappa shape index (κ2) is 15.3. The summed E-state index contributed by atoms with van der Waals surface area (Å²) in [5.74, 6) is 1.92. The monoisotopic (exact) mass is 551 g/mol. The molecule has 0 aliphatic rings. The van der Waals surface area contributed by atoms with Crippen molar-refractivity contribution in [3.05, 3.63) is 41.7 Å². The van der Waals surface area contributed by atoms with Crippen LogP contribution in [0.1, 0.15) is 33.6 Å². The van der Waals surface area contributed by atoms with Crippen LogP contribution in [0, 0.1) is 0 Å². The van der Waals surface area contributed by atoms with Gasteiger partial charge in [-0.1, -0.05) is 38.8 Å². The van der Waals surface area contributed by atoms with Crippen LogP contribution in [-0.4, -0.2) is 60.9 Å². The molecule has 0 radical (unpaired) electrons. The van der Waals surface area contributed by atoms with Crippen LogP contribution in [-0.2, 0) is 4.74 Å². The standard InChI is InChI=1S/C26H34ClN5O4.ClH/c1-5-8-12-35-23-15-19-22(16-24(23)36-13-11-32(6-2)7-3)28-17-29-25(19)30-18-9-10-21(20(27)14-18)31-26(33)34-4;/h9-10,14-17H,5-8,11-13H2,1-4H3,(H,31,33)(H,28,29,30);1H. The number of nitrogens with one attached hydrogen (secondary N) is 2. The molecular formula is C26H35Cl2N5O4. The highest BCUT2D eigenvalue weighted by Crippen LogP contribution is 2.36. The predicted octanol–water partition coefficient (Wildman–Crippen LogP) is 6.53. The Hall–Kier alpha value is -3.01. The Morgan fingerprint density at radius 1 is 1.03 bits per heavy atom. The van der Waals surface area contributed by atoms with Crippen LogP contribution in [0.5, 0.6) is 11.5 Å². The normalized spacial score (nSPS) is 10.6. The van der Waals surface area contributed by atoms with Gasteiger partial charge in [0.2, 0.25) is 0 Å². The van der Waals surface area contributed by atoms with Crippen LogP contribution in [0.4, 0.5) is 22.0 Å². The van der Waals surface area contributed by atoms with E-state index in [-0.39, 0.29) is 12.4 Å². The number of halogens is 2. The van der Waals surface area contributed by atoms with Crippen molar-refractivity contribution in [1.82, 2.24) is 14.9 Å². The van der Waals surface area contributed by atoms with Gasteiger partial charge in [0.1, 0.15) is 18.8 Å². The molecule has 2 N–H and O–H groups in total. The summed E-state index contributed by atoms with van der Waals surface area (Å²) in [6.07, 6.45) is 2.88. The molecule has 1 amide bonds. The molecule has 0 saturated carbocycles. The van der Waals surface area contributed by atoms with E-state index in [0.29, 0.717) is 46.9 Å². The van der Waals surface area contributed by atoms with Gasteiger partial charge in [-0.05, 0) is 43.8 Å². The Kier molecular flexibility index (Phi) is 12.5. The smallest absolute Gasteiger partial charge is 0.411 e. The van der Waals surface area contributed by atoms with E-state index >= 15 is 0 Å². The fraction of sp³-hybridized carbons (Fsp3) is 0.423. The Morgan fingerprint density at radius 3 is 2.43 bits per heavy atom. The van der Waals surface area contributed by atoms with Gasteiger partial charge in [0, 0.05) is 23.7 Å². The molecule has 11 heteroatoms. The predicted molar refractivity (Wildman–Crippen MR) is 151 cm³/mol. The number of benzene rings is 2. The number of methoxy groups -OCH3 is 1. The summed E-state index contributed by atoms with van der Waals surface area (Å²) in [6.45, 7) is 10.3. The number of amides is 1. The van der Waals surface area contributed by atoms with E-state index in [1.54, 1.807) is 18.2 Å². The van der Waals surface area contributed by atoms with Crippen molar-refractivity contribution < 1.29 is 19.0 Å². The van der Waals surface area contributed by atoms with Crippen molar-refractivity contribution in [2.75, 3.05) is 50.6 Å². The molecule has 1 aromatic heterocycles. The van der Waals surface area contributed by atoms with Gasteiger partial charge >= 0.3 is 6.09 Å². The van der Waals surface area contributed by atoms with Crippen molar-refractivity contribution in [2.24, 2.45) is 0 Å². The Balaban J connectivity index is 0.00000481. The van der Waals surface area contributed by atoms with Gasteiger partial charge in [-0.15, -0.1) is 12.4 Å². The maximum Gasteiger partial charge on any atom is 0.411 e. The lowest BCUT2D eigenvalue weighted by molar-refractivity contribution is 0.187. The number of hydrogen-bond acceptors (Lipinski definition) is 8. The summed E-state index contributed by atoms with van der Waals surface area (Å²) in [5, 5.41) is 7.00. The Labute approximate surface area is 229 Å². The van der Waals surface area contributed by atoms with Gasteiger partial charge in [0.05, 0.1) is 29.9 Å². The quantitative estimate of drug-likeness (QED) is 0.231. The fourth-order valence-electron chi connectivity index (χ4n) is 3.53. The number of hydrogen-bond donors (Lipinski definition) is 2. The third kappa shape index (κ3) is 8.52. The van der Waals surface area contributed by atoms with Crippen LogP contribution < -0.4 is 20.1 Å². The molecule has 0 bridgehead atoms. The highest BCUT2D eigenvalue weighted by atomic mass is 35.5. The summed E-state index contributed by atoms with van der Waals surface area (Å²) < 4.78 is 16.8. The first-order valence-corrected chi connectivity index (χ1v) is 12.5. The largest absolute Gasteiger partial charge is 0.490 e. The average Bonchev–Trinajstić information content (AvgIpc) is 2.88. The first-order chi connectivity index (χ1) is 17.5. The maximum atomic E-state index is 11.5. The SMILES string of the molecule is CCCCOc1cc2c(Nc3ccc(NC(=O)OC)c(Cl)c3)ncnc2cc1OCCN(CC)CC.Cl. The lowest BCUT2D eigenvalue weighted by atomic mass is 10.2. The molecule has 3 rings (SSSR count). The van der Waals surface area contributed by atoms with Crippen molar-refractivity contribution in [1.29, 1.82) is 0 Å². The number of carbonyl (C=O) groups excluding carboxylic acids is 1. The van der Waals surface area contributed by atoms with E-state index in [9.17, 15) is 4.79 Å². The number of ether oxygens (including phenoxy) is 3. The van der Waals surface area contributed by atoms with Gasteiger partial charge < -0.3 is 24.4 Å². The van der Waals surface area contributed by atoms with Gasteiger partial charge in [-0.3, -0.25) is 5.32 Å². The second-order valence-corrected chi connectivity index (χ2v) is 8.46. The zero-order valence-electron chi connectivity index (χ0n) is 21.7. The summed E-state index contributed by atoms with van der Waals surface area (Å²) in [4.78, 5) is 22.7. The highest BCUT2D eigenvalue weighted by molar-refractivity contribution is 6.34. The topological polar surface area (TPSA) is 97.8 Å². The number of rotatable bonds is 13. The zero-order chi connectivity index (χ0) is 25.9. The fourth-order valence-corrected chi connectivity index (χ4v) is 3.76. The lowest BCUT2D eigenvalue weighted by Crippen LogP contribution is -2.28. The maximum absolute atomic E-state index is 11.5. The minimum absolute atomic E-state index is 0. The van der Waals surface area contributed by atoms with Gasteiger partial charge in [0.15, 0.2) is 11.5 Å².